The molecule has 0 saturated heterocycles. The molecule has 19 heavy (non-hydrogen) atoms. The average Bonchev–Trinajstić information content (AvgIpc) is 2.36. The zero-order valence-electron chi connectivity index (χ0n) is 10.5. The van der Waals surface area contributed by atoms with Gasteiger partial charge in [-0.3, -0.25) is 0 Å². The molecule has 0 bridgehead atoms. The van der Waals surface area contributed by atoms with E-state index in [-0.39, 0.29) is 18.0 Å². The molecule has 7 nitrogen and oxygen atoms in total. The molecule has 1 amide bonds. The lowest BCUT2D eigenvalue weighted by Crippen LogP contribution is -2.29. The molecule has 0 radical (unpaired) electrons. The fourth-order valence-corrected chi connectivity index (χ4v) is 2.38. The smallest absolute Gasteiger partial charge is 0.404 e. The van der Waals surface area contributed by atoms with E-state index in [0.29, 0.717) is 0 Å². The predicted octanol–water partition coefficient (Wildman–Crippen LogP) is 0.492. The molecule has 0 aliphatic carbocycles. The van der Waals surface area contributed by atoms with Crippen LogP contribution in [0.4, 0.5) is 10.5 Å². The van der Waals surface area contributed by atoms with Gasteiger partial charge in [-0.05, 0) is 31.2 Å². The van der Waals surface area contributed by atoms with Crippen LogP contribution < -0.4 is 15.8 Å². The number of anilines is 1. The molecular weight excluding hydrogens is 270 g/mol. The van der Waals surface area contributed by atoms with Gasteiger partial charge in [0, 0.05) is 18.8 Å². The molecule has 0 aliphatic rings. The number of benzene rings is 1. The van der Waals surface area contributed by atoms with Gasteiger partial charge in [0.2, 0.25) is 10.0 Å². The van der Waals surface area contributed by atoms with Gasteiger partial charge >= 0.3 is 6.09 Å². The number of hydrogen-bond acceptors (Lipinski definition) is 5. The van der Waals surface area contributed by atoms with Gasteiger partial charge in [-0.1, -0.05) is 0 Å². The number of carbonyl (C=O) groups excluding carboxylic acids is 1. The summed E-state index contributed by atoms with van der Waals surface area (Å²) in [5.74, 6) is 0. The number of nitrogens with two attached hydrogens (primary N) is 1. The number of rotatable bonds is 7. The van der Waals surface area contributed by atoms with Crippen LogP contribution in [-0.4, -0.2) is 34.2 Å². The zero-order valence-corrected chi connectivity index (χ0v) is 11.4. The molecule has 0 atom stereocenters. The van der Waals surface area contributed by atoms with Crippen LogP contribution in [0, 0.1) is 0 Å². The van der Waals surface area contributed by atoms with E-state index >= 15 is 0 Å². The van der Waals surface area contributed by atoms with E-state index in [4.69, 9.17) is 5.73 Å². The highest BCUT2D eigenvalue weighted by Gasteiger charge is 2.13. The molecular formula is C11H17N3O4S. The van der Waals surface area contributed by atoms with E-state index in [2.05, 4.69) is 14.8 Å². The Hall–Kier alpha value is -1.80. The second kappa shape index (κ2) is 6.95. The second-order valence-corrected chi connectivity index (χ2v) is 5.39. The summed E-state index contributed by atoms with van der Waals surface area (Å²) in [5.41, 5.74) is 5.60. The predicted molar refractivity (Wildman–Crippen MR) is 71.3 cm³/mol. The van der Waals surface area contributed by atoms with E-state index in [1.807, 2.05) is 6.92 Å². The maximum Gasteiger partial charge on any atom is 0.404 e. The van der Waals surface area contributed by atoms with Gasteiger partial charge in [-0.2, -0.15) is 0 Å². The van der Waals surface area contributed by atoms with Crippen LogP contribution in [0.2, 0.25) is 0 Å². The summed E-state index contributed by atoms with van der Waals surface area (Å²) in [7, 11) is -3.60. The minimum absolute atomic E-state index is 0.0275. The van der Waals surface area contributed by atoms with Gasteiger partial charge in [0.1, 0.15) is 6.61 Å². The van der Waals surface area contributed by atoms with Crippen molar-refractivity contribution >= 4 is 21.8 Å². The maximum atomic E-state index is 11.8. The number of nitrogens with one attached hydrogen (secondary N) is 2. The average molecular weight is 287 g/mol. The lowest BCUT2D eigenvalue weighted by Gasteiger charge is -2.08. The molecule has 1 aromatic carbocycles. The molecule has 0 saturated carbocycles. The highest BCUT2D eigenvalue weighted by atomic mass is 32.2. The van der Waals surface area contributed by atoms with Gasteiger partial charge < -0.3 is 15.8 Å². The van der Waals surface area contributed by atoms with Crippen molar-refractivity contribution in [3.05, 3.63) is 24.3 Å². The first-order valence-electron chi connectivity index (χ1n) is 5.71. The van der Waals surface area contributed by atoms with Crippen molar-refractivity contribution in [3.63, 3.8) is 0 Å². The molecule has 8 heteroatoms. The molecule has 0 aromatic heterocycles. The molecule has 4 N–H and O–H groups in total. The van der Waals surface area contributed by atoms with Gasteiger partial charge in [-0.15, -0.1) is 0 Å². The van der Waals surface area contributed by atoms with Crippen LogP contribution in [0.25, 0.3) is 0 Å². The van der Waals surface area contributed by atoms with Crippen LogP contribution in [0.5, 0.6) is 0 Å². The highest BCUT2D eigenvalue weighted by molar-refractivity contribution is 7.89. The Balaban J connectivity index is 2.59. The molecule has 0 aliphatic heterocycles. The highest BCUT2D eigenvalue weighted by Crippen LogP contribution is 2.13. The fraction of sp³-hybridized carbons (Fsp3) is 0.364. The van der Waals surface area contributed by atoms with E-state index in [1.165, 1.54) is 12.1 Å². The lowest BCUT2D eigenvalue weighted by molar-refractivity contribution is 0.159. The van der Waals surface area contributed by atoms with Gasteiger partial charge in [-0.25, -0.2) is 17.9 Å². The van der Waals surface area contributed by atoms with Crippen molar-refractivity contribution in [3.8, 4) is 0 Å². The molecule has 1 aromatic rings. The summed E-state index contributed by atoms with van der Waals surface area (Å²) in [5, 5.41) is 3.06. The Morgan fingerprint density at radius 3 is 2.47 bits per heavy atom. The topological polar surface area (TPSA) is 111 Å². The van der Waals surface area contributed by atoms with E-state index < -0.39 is 16.1 Å². The summed E-state index contributed by atoms with van der Waals surface area (Å²) < 4.78 is 30.4. The van der Waals surface area contributed by atoms with Crippen LogP contribution in [0.3, 0.4) is 0 Å². The van der Waals surface area contributed by atoms with Gasteiger partial charge in [0.25, 0.3) is 0 Å². The van der Waals surface area contributed by atoms with Crippen LogP contribution in [-0.2, 0) is 14.8 Å². The number of sulfonamides is 1. The quantitative estimate of drug-likeness (QED) is 0.632. The summed E-state index contributed by atoms with van der Waals surface area (Å²) in [4.78, 5) is 10.5. The van der Waals surface area contributed by atoms with Crippen LogP contribution in [0.1, 0.15) is 6.92 Å². The van der Waals surface area contributed by atoms with Crippen molar-refractivity contribution in [2.24, 2.45) is 5.73 Å². The van der Waals surface area contributed by atoms with Crippen molar-refractivity contribution < 1.29 is 17.9 Å². The van der Waals surface area contributed by atoms with Crippen molar-refractivity contribution in [1.82, 2.24) is 4.72 Å². The lowest BCUT2D eigenvalue weighted by atomic mass is 10.3. The van der Waals surface area contributed by atoms with Gasteiger partial charge in [0.15, 0.2) is 0 Å². The number of amides is 1. The first kappa shape index (κ1) is 15.3. The maximum absolute atomic E-state index is 11.8. The molecule has 0 spiro atoms. The Kier molecular flexibility index (Phi) is 5.58. The number of ether oxygens (including phenoxy) is 1. The van der Waals surface area contributed by atoms with Crippen molar-refractivity contribution in [2.45, 2.75) is 11.8 Å². The van der Waals surface area contributed by atoms with Gasteiger partial charge in [0.05, 0.1) is 4.90 Å². The first-order chi connectivity index (χ1) is 8.95. The number of hydrogen-bond donors (Lipinski definition) is 3. The Morgan fingerprint density at radius 2 is 1.95 bits per heavy atom. The Bertz CT molecular complexity index is 513. The second-order valence-electron chi connectivity index (χ2n) is 3.62. The molecule has 106 valence electrons. The summed E-state index contributed by atoms with van der Waals surface area (Å²) in [6, 6.07) is 6.35. The molecule has 0 fully saturated rings. The molecule has 0 heterocycles. The number of primary amides is 1. The monoisotopic (exact) mass is 287 g/mol. The Morgan fingerprint density at radius 1 is 1.32 bits per heavy atom. The summed E-state index contributed by atoms with van der Waals surface area (Å²) in [6.45, 7) is 2.57. The van der Waals surface area contributed by atoms with Crippen molar-refractivity contribution in [1.29, 1.82) is 0 Å². The minimum Gasteiger partial charge on any atom is -0.448 e. The minimum atomic E-state index is -3.60. The van der Waals surface area contributed by atoms with E-state index in [9.17, 15) is 13.2 Å². The summed E-state index contributed by atoms with van der Waals surface area (Å²) in [6.07, 6.45) is -0.936. The zero-order chi connectivity index (χ0) is 14.3. The third-order valence-electron chi connectivity index (χ3n) is 2.18. The first-order valence-corrected chi connectivity index (χ1v) is 7.20. The van der Waals surface area contributed by atoms with Crippen LogP contribution in [0.15, 0.2) is 29.2 Å². The summed E-state index contributed by atoms with van der Waals surface area (Å²) >= 11 is 0. The largest absolute Gasteiger partial charge is 0.448 e. The normalized spacial score (nSPS) is 11.0. The Labute approximate surface area is 112 Å². The number of carbonyl (C=O) groups is 1. The standard InChI is InChI=1S/C11H17N3O4S/c1-2-13-9-3-5-10(6-4-9)19(16,17)14-7-8-18-11(12)15/h3-6,13-14H,2,7-8H2,1H3,(H2,12,15). The third-order valence-corrected chi connectivity index (χ3v) is 3.66. The van der Waals surface area contributed by atoms with E-state index in [1.54, 1.807) is 12.1 Å². The molecule has 0 unspecified atom stereocenters. The fourth-order valence-electron chi connectivity index (χ4n) is 1.37. The SMILES string of the molecule is CCNc1ccc(S(=O)(=O)NCCOC(N)=O)cc1. The third kappa shape index (κ3) is 5.14. The van der Waals surface area contributed by atoms with Crippen LogP contribution >= 0.6 is 0 Å². The molecule has 1 rings (SSSR count). The van der Waals surface area contributed by atoms with E-state index in [0.717, 1.165) is 12.2 Å². The van der Waals surface area contributed by atoms with Crippen molar-refractivity contribution in [2.75, 3.05) is 25.0 Å².